The molecule has 108 valence electrons. The molecule has 0 aromatic carbocycles. The van der Waals surface area contributed by atoms with Crippen molar-refractivity contribution < 1.29 is 0 Å². The lowest BCUT2D eigenvalue weighted by atomic mass is 9.91. The van der Waals surface area contributed by atoms with Gasteiger partial charge in [-0.05, 0) is 31.9 Å². The highest BCUT2D eigenvalue weighted by molar-refractivity contribution is 5.07. The summed E-state index contributed by atoms with van der Waals surface area (Å²) in [4.78, 5) is 0. The lowest BCUT2D eigenvalue weighted by molar-refractivity contribution is 0.346. The van der Waals surface area contributed by atoms with Gasteiger partial charge in [-0.15, -0.1) is 0 Å². The van der Waals surface area contributed by atoms with Crippen LogP contribution in [0.2, 0.25) is 0 Å². The summed E-state index contributed by atoms with van der Waals surface area (Å²) >= 11 is 0. The first kappa shape index (κ1) is 14.6. The van der Waals surface area contributed by atoms with E-state index in [0.29, 0.717) is 6.04 Å². The van der Waals surface area contributed by atoms with Crippen molar-refractivity contribution in [2.24, 2.45) is 5.92 Å². The summed E-state index contributed by atoms with van der Waals surface area (Å²) in [6, 6.07) is 2.67. The maximum Gasteiger partial charge on any atom is 0.0553 e. The zero-order valence-corrected chi connectivity index (χ0v) is 12.6. The molecule has 3 nitrogen and oxygen atoms in total. The fourth-order valence-electron chi connectivity index (χ4n) is 3.39. The fourth-order valence-corrected chi connectivity index (χ4v) is 3.39. The van der Waals surface area contributed by atoms with E-state index in [1.165, 1.54) is 50.6 Å². The topological polar surface area (TPSA) is 29.9 Å². The van der Waals surface area contributed by atoms with Gasteiger partial charge in [0.25, 0.3) is 0 Å². The van der Waals surface area contributed by atoms with Gasteiger partial charge >= 0.3 is 0 Å². The quantitative estimate of drug-likeness (QED) is 0.789. The van der Waals surface area contributed by atoms with Gasteiger partial charge in [-0.25, -0.2) is 0 Å². The highest BCUT2D eigenvalue weighted by Crippen LogP contribution is 2.31. The Labute approximate surface area is 117 Å². The van der Waals surface area contributed by atoms with Gasteiger partial charge in [0.05, 0.1) is 5.69 Å². The van der Waals surface area contributed by atoms with Crippen LogP contribution in [0.25, 0.3) is 0 Å². The first-order chi connectivity index (χ1) is 9.35. The summed E-state index contributed by atoms with van der Waals surface area (Å²) in [5.74, 6) is 0.895. The molecule has 1 fully saturated rings. The minimum Gasteiger partial charge on any atom is -0.309 e. The average Bonchev–Trinajstić information content (AvgIpc) is 2.75. The molecule has 0 saturated heterocycles. The molecule has 0 spiro atoms. The molecular weight excluding hydrogens is 234 g/mol. The SMILES string of the molecule is CCNC(CC1CCCCCC1)c1ccnn1CC. The Morgan fingerprint density at radius 1 is 1.26 bits per heavy atom. The van der Waals surface area contributed by atoms with Crippen LogP contribution in [0.5, 0.6) is 0 Å². The van der Waals surface area contributed by atoms with E-state index in [1.54, 1.807) is 0 Å². The predicted molar refractivity (Wildman–Crippen MR) is 80.1 cm³/mol. The molecular formula is C16H29N3. The Bertz CT molecular complexity index is 351. The van der Waals surface area contributed by atoms with Crippen molar-refractivity contribution in [3.8, 4) is 0 Å². The summed E-state index contributed by atoms with van der Waals surface area (Å²) in [5.41, 5.74) is 1.37. The predicted octanol–water partition coefficient (Wildman–Crippen LogP) is 3.91. The Balaban J connectivity index is 2.02. The van der Waals surface area contributed by atoms with Crippen molar-refractivity contribution in [2.45, 2.75) is 71.4 Å². The third-order valence-corrected chi connectivity index (χ3v) is 4.40. The number of nitrogens with one attached hydrogen (secondary N) is 1. The van der Waals surface area contributed by atoms with E-state index in [9.17, 15) is 0 Å². The summed E-state index contributed by atoms with van der Waals surface area (Å²) in [5, 5.41) is 8.09. The second kappa shape index (κ2) is 7.68. The first-order valence-corrected chi connectivity index (χ1v) is 8.10. The minimum atomic E-state index is 0.482. The van der Waals surface area contributed by atoms with Gasteiger partial charge < -0.3 is 5.32 Å². The third-order valence-electron chi connectivity index (χ3n) is 4.40. The Kier molecular flexibility index (Phi) is 5.90. The molecule has 1 heterocycles. The molecule has 1 aliphatic rings. The van der Waals surface area contributed by atoms with Crippen LogP contribution < -0.4 is 5.32 Å². The lowest BCUT2D eigenvalue weighted by Gasteiger charge is -2.24. The van der Waals surface area contributed by atoms with Crippen LogP contribution in [-0.2, 0) is 6.54 Å². The van der Waals surface area contributed by atoms with Gasteiger partial charge in [0.2, 0.25) is 0 Å². The van der Waals surface area contributed by atoms with E-state index in [2.05, 4.69) is 35.0 Å². The fraction of sp³-hybridized carbons (Fsp3) is 0.812. The van der Waals surface area contributed by atoms with Crippen LogP contribution in [0, 0.1) is 5.92 Å². The van der Waals surface area contributed by atoms with Crippen LogP contribution in [0.3, 0.4) is 0 Å². The van der Waals surface area contributed by atoms with Crippen molar-refractivity contribution in [1.82, 2.24) is 15.1 Å². The van der Waals surface area contributed by atoms with Crippen LogP contribution in [-0.4, -0.2) is 16.3 Å². The van der Waals surface area contributed by atoms with E-state index in [1.807, 2.05) is 6.20 Å². The van der Waals surface area contributed by atoms with Crippen LogP contribution in [0.1, 0.15) is 70.5 Å². The maximum absolute atomic E-state index is 4.43. The van der Waals surface area contributed by atoms with E-state index in [0.717, 1.165) is 19.0 Å². The average molecular weight is 263 g/mol. The molecule has 1 aromatic heterocycles. The summed E-state index contributed by atoms with van der Waals surface area (Å²) < 4.78 is 2.14. The first-order valence-electron chi connectivity index (χ1n) is 8.10. The number of aromatic nitrogens is 2. The molecule has 0 amide bonds. The highest BCUT2D eigenvalue weighted by atomic mass is 15.3. The van der Waals surface area contributed by atoms with Gasteiger partial charge in [0, 0.05) is 18.8 Å². The van der Waals surface area contributed by atoms with Crippen molar-refractivity contribution in [2.75, 3.05) is 6.54 Å². The Morgan fingerprint density at radius 2 is 2.00 bits per heavy atom. The molecule has 0 bridgehead atoms. The van der Waals surface area contributed by atoms with Crippen LogP contribution in [0.15, 0.2) is 12.3 Å². The van der Waals surface area contributed by atoms with Gasteiger partial charge in [0.1, 0.15) is 0 Å². The van der Waals surface area contributed by atoms with Crippen molar-refractivity contribution >= 4 is 0 Å². The summed E-state index contributed by atoms with van der Waals surface area (Å²) in [6.07, 6.45) is 11.8. The largest absolute Gasteiger partial charge is 0.309 e. The zero-order chi connectivity index (χ0) is 13.5. The van der Waals surface area contributed by atoms with Crippen LogP contribution in [0.4, 0.5) is 0 Å². The van der Waals surface area contributed by atoms with Crippen LogP contribution >= 0.6 is 0 Å². The monoisotopic (exact) mass is 263 g/mol. The second-order valence-corrected chi connectivity index (χ2v) is 5.78. The smallest absolute Gasteiger partial charge is 0.0553 e. The van der Waals surface area contributed by atoms with Gasteiger partial charge in [-0.3, -0.25) is 4.68 Å². The number of rotatable bonds is 6. The maximum atomic E-state index is 4.43. The van der Waals surface area contributed by atoms with Crippen molar-refractivity contribution in [1.29, 1.82) is 0 Å². The second-order valence-electron chi connectivity index (χ2n) is 5.78. The molecule has 1 saturated carbocycles. The number of nitrogens with zero attached hydrogens (tertiary/aromatic N) is 2. The highest BCUT2D eigenvalue weighted by Gasteiger charge is 2.21. The molecule has 0 aliphatic heterocycles. The molecule has 1 aromatic rings. The van der Waals surface area contributed by atoms with Crippen molar-refractivity contribution in [3.63, 3.8) is 0 Å². The number of aryl methyl sites for hydroxylation is 1. The normalized spacial score (nSPS) is 19.3. The van der Waals surface area contributed by atoms with Gasteiger partial charge in [-0.2, -0.15) is 5.10 Å². The van der Waals surface area contributed by atoms with E-state index < -0.39 is 0 Å². The number of hydrogen-bond donors (Lipinski definition) is 1. The lowest BCUT2D eigenvalue weighted by Crippen LogP contribution is -2.26. The molecule has 1 atom stereocenters. The standard InChI is InChI=1S/C16H29N3/c1-3-17-15(16-11-12-18-19(16)4-2)13-14-9-7-5-6-8-10-14/h11-12,14-15,17H,3-10,13H2,1-2H3. The number of hydrogen-bond acceptors (Lipinski definition) is 2. The van der Waals surface area contributed by atoms with Gasteiger partial charge in [0.15, 0.2) is 0 Å². The van der Waals surface area contributed by atoms with E-state index in [4.69, 9.17) is 0 Å². The Hall–Kier alpha value is -0.830. The molecule has 1 unspecified atom stereocenters. The van der Waals surface area contributed by atoms with E-state index in [-0.39, 0.29) is 0 Å². The molecule has 19 heavy (non-hydrogen) atoms. The van der Waals surface area contributed by atoms with Gasteiger partial charge in [-0.1, -0.05) is 45.4 Å². The molecule has 3 heteroatoms. The molecule has 0 radical (unpaired) electrons. The van der Waals surface area contributed by atoms with E-state index >= 15 is 0 Å². The summed E-state index contributed by atoms with van der Waals surface area (Å²) in [6.45, 7) is 6.37. The molecule has 1 aliphatic carbocycles. The summed E-state index contributed by atoms with van der Waals surface area (Å²) in [7, 11) is 0. The van der Waals surface area contributed by atoms with Crippen molar-refractivity contribution in [3.05, 3.63) is 18.0 Å². The zero-order valence-electron chi connectivity index (χ0n) is 12.6. The molecule has 2 rings (SSSR count). The molecule has 1 N–H and O–H groups in total. The Morgan fingerprint density at radius 3 is 2.63 bits per heavy atom. The third kappa shape index (κ3) is 4.07. The minimum absolute atomic E-state index is 0.482.